The summed E-state index contributed by atoms with van der Waals surface area (Å²) in [6.45, 7) is 1.87. The van der Waals surface area contributed by atoms with Gasteiger partial charge in [-0.15, -0.1) is 6.42 Å². The third-order valence-corrected chi connectivity index (χ3v) is 5.23. The standard InChI is InChI=1S/C25H25NO2/c1-2-16-26-23-15-14-22-21(23)11-6-13-25(22)28-18-7-17-27-24-12-5-9-19-8-3-4-10-20(19)24/h1,3-6,8-13,23,26H,7,14-18H2. The molecule has 3 aromatic carbocycles. The molecule has 4 rings (SSSR count). The van der Waals surface area contributed by atoms with E-state index in [0.717, 1.165) is 36.1 Å². The molecule has 0 saturated heterocycles. The molecule has 3 heteroatoms. The minimum Gasteiger partial charge on any atom is -0.493 e. The van der Waals surface area contributed by atoms with Crippen molar-refractivity contribution in [2.75, 3.05) is 19.8 Å². The topological polar surface area (TPSA) is 30.5 Å². The lowest BCUT2D eigenvalue weighted by atomic mass is 10.1. The Bertz CT molecular complexity index is 984. The van der Waals surface area contributed by atoms with Crippen molar-refractivity contribution in [3.63, 3.8) is 0 Å². The normalized spacial score (nSPS) is 15.2. The van der Waals surface area contributed by atoms with Gasteiger partial charge in [0.05, 0.1) is 19.8 Å². The molecule has 0 aromatic heterocycles. The average molecular weight is 371 g/mol. The van der Waals surface area contributed by atoms with Crippen LogP contribution in [0.15, 0.2) is 60.7 Å². The molecule has 1 N–H and O–H groups in total. The van der Waals surface area contributed by atoms with Gasteiger partial charge in [0.25, 0.3) is 0 Å². The zero-order valence-electron chi connectivity index (χ0n) is 16.0. The summed E-state index contributed by atoms with van der Waals surface area (Å²) in [6, 6.07) is 21.1. The fourth-order valence-corrected chi connectivity index (χ4v) is 3.89. The van der Waals surface area contributed by atoms with E-state index in [9.17, 15) is 0 Å². The van der Waals surface area contributed by atoms with E-state index >= 15 is 0 Å². The van der Waals surface area contributed by atoms with E-state index in [-0.39, 0.29) is 0 Å². The summed E-state index contributed by atoms with van der Waals surface area (Å²) in [6.07, 6.45) is 8.31. The first kappa shape index (κ1) is 18.4. The van der Waals surface area contributed by atoms with Crippen molar-refractivity contribution in [1.82, 2.24) is 5.32 Å². The van der Waals surface area contributed by atoms with Gasteiger partial charge in [0.1, 0.15) is 11.5 Å². The Kier molecular flexibility index (Phi) is 5.80. The number of hydrogen-bond acceptors (Lipinski definition) is 3. The van der Waals surface area contributed by atoms with Gasteiger partial charge in [-0.3, -0.25) is 5.32 Å². The van der Waals surface area contributed by atoms with Crippen LogP contribution in [-0.2, 0) is 6.42 Å². The molecular weight excluding hydrogens is 346 g/mol. The lowest BCUT2D eigenvalue weighted by molar-refractivity contribution is 0.248. The maximum absolute atomic E-state index is 6.08. The van der Waals surface area contributed by atoms with Crippen LogP contribution >= 0.6 is 0 Å². The molecule has 0 heterocycles. The summed E-state index contributed by atoms with van der Waals surface area (Å²) < 4.78 is 12.1. The fraction of sp³-hybridized carbons (Fsp3) is 0.280. The second-order valence-electron chi connectivity index (χ2n) is 7.03. The van der Waals surface area contributed by atoms with E-state index < -0.39 is 0 Å². The highest BCUT2D eigenvalue weighted by atomic mass is 16.5. The summed E-state index contributed by atoms with van der Waals surface area (Å²) in [5, 5.41) is 5.76. The van der Waals surface area contributed by atoms with Crippen LogP contribution in [0.25, 0.3) is 10.8 Å². The SMILES string of the molecule is C#CCNC1CCc2c(OCCCOc3cccc4ccccc34)cccc21. The van der Waals surface area contributed by atoms with Crippen LogP contribution in [0.4, 0.5) is 0 Å². The number of ether oxygens (including phenoxy) is 2. The Hall–Kier alpha value is -2.96. The van der Waals surface area contributed by atoms with E-state index in [1.807, 2.05) is 24.3 Å². The van der Waals surface area contributed by atoms with Crippen LogP contribution in [0.3, 0.4) is 0 Å². The minimum atomic E-state index is 0.337. The number of benzene rings is 3. The van der Waals surface area contributed by atoms with Gasteiger partial charge >= 0.3 is 0 Å². The van der Waals surface area contributed by atoms with Gasteiger partial charge < -0.3 is 9.47 Å². The molecule has 0 saturated carbocycles. The van der Waals surface area contributed by atoms with Crippen LogP contribution in [-0.4, -0.2) is 19.8 Å². The van der Waals surface area contributed by atoms with Gasteiger partial charge in [0.2, 0.25) is 0 Å². The molecule has 28 heavy (non-hydrogen) atoms. The predicted molar refractivity (Wildman–Crippen MR) is 114 cm³/mol. The number of rotatable bonds is 8. The fourth-order valence-electron chi connectivity index (χ4n) is 3.89. The molecular formula is C25H25NO2. The highest BCUT2D eigenvalue weighted by molar-refractivity contribution is 5.88. The molecule has 0 radical (unpaired) electrons. The van der Waals surface area contributed by atoms with Crippen molar-refractivity contribution in [3.8, 4) is 23.8 Å². The molecule has 0 spiro atoms. The molecule has 1 aliphatic rings. The van der Waals surface area contributed by atoms with Gasteiger partial charge in [0, 0.05) is 17.8 Å². The first-order valence-corrected chi connectivity index (χ1v) is 9.89. The second kappa shape index (κ2) is 8.82. The molecule has 1 unspecified atom stereocenters. The van der Waals surface area contributed by atoms with Crippen LogP contribution in [0.1, 0.15) is 30.0 Å². The lowest BCUT2D eigenvalue weighted by Crippen LogP contribution is -2.19. The summed E-state index contributed by atoms with van der Waals surface area (Å²) in [4.78, 5) is 0. The number of terminal acetylenes is 1. The molecule has 3 aromatic rings. The number of nitrogens with one attached hydrogen (secondary N) is 1. The predicted octanol–water partition coefficient (Wildman–Crippen LogP) is 4.90. The Balaban J connectivity index is 1.31. The smallest absolute Gasteiger partial charge is 0.127 e. The highest BCUT2D eigenvalue weighted by Gasteiger charge is 2.24. The van der Waals surface area contributed by atoms with Gasteiger partial charge in [0.15, 0.2) is 0 Å². The summed E-state index contributed by atoms with van der Waals surface area (Å²) in [7, 11) is 0. The van der Waals surface area contributed by atoms with Gasteiger partial charge in [-0.2, -0.15) is 0 Å². The van der Waals surface area contributed by atoms with E-state index in [1.54, 1.807) is 0 Å². The van der Waals surface area contributed by atoms with Crippen LogP contribution in [0, 0.1) is 12.3 Å². The molecule has 0 bridgehead atoms. The maximum Gasteiger partial charge on any atom is 0.127 e. The Morgan fingerprint density at radius 2 is 1.68 bits per heavy atom. The van der Waals surface area contributed by atoms with Crippen molar-refractivity contribution in [3.05, 3.63) is 71.8 Å². The van der Waals surface area contributed by atoms with Gasteiger partial charge in [-0.1, -0.05) is 54.5 Å². The molecule has 1 atom stereocenters. The third-order valence-electron chi connectivity index (χ3n) is 5.23. The summed E-state index contributed by atoms with van der Waals surface area (Å²) in [5.74, 6) is 4.58. The van der Waals surface area contributed by atoms with Gasteiger partial charge in [-0.25, -0.2) is 0 Å². The van der Waals surface area contributed by atoms with Crippen LogP contribution in [0.2, 0.25) is 0 Å². The van der Waals surface area contributed by atoms with Crippen molar-refractivity contribution >= 4 is 10.8 Å². The molecule has 142 valence electrons. The Morgan fingerprint density at radius 3 is 2.57 bits per heavy atom. The zero-order valence-corrected chi connectivity index (χ0v) is 16.0. The molecule has 0 fully saturated rings. The maximum atomic E-state index is 6.08. The van der Waals surface area contributed by atoms with E-state index in [4.69, 9.17) is 15.9 Å². The van der Waals surface area contributed by atoms with Crippen molar-refractivity contribution < 1.29 is 9.47 Å². The van der Waals surface area contributed by atoms with E-state index in [1.165, 1.54) is 16.5 Å². The Morgan fingerprint density at radius 1 is 0.929 bits per heavy atom. The van der Waals surface area contributed by atoms with Gasteiger partial charge in [-0.05, 0) is 41.5 Å². The molecule has 1 aliphatic carbocycles. The third kappa shape index (κ3) is 3.98. The minimum absolute atomic E-state index is 0.337. The zero-order chi connectivity index (χ0) is 19.2. The summed E-state index contributed by atoms with van der Waals surface area (Å²) in [5.41, 5.74) is 2.63. The first-order chi connectivity index (χ1) is 13.9. The number of hydrogen-bond donors (Lipinski definition) is 1. The largest absolute Gasteiger partial charge is 0.493 e. The molecule has 3 nitrogen and oxygen atoms in total. The Labute approximate surface area is 166 Å². The van der Waals surface area contributed by atoms with Crippen molar-refractivity contribution in [2.45, 2.75) is 25.3 Å². The van der Waals surface area contributed by atoms with E-state index in [0.29, 0.717) is 25.8 Å². The number of fused-ring (bicyclic) bond motifs is 2. The van der Waals surface area contributed by atoms with Crippen molar-refractivity contribution in [1.29, 1.82) is 0 Å². The monoisotopic (exact) mass is 371 g/mol. The highest BCUT2D eigenvalue weighted by Crippen LogP contribution is 2.36. The average Bonchev–Trinajstić information content (AvgIpc) is 3.16. The lowest BCUT2D eigenvalue weighted by Gasteiger charge is -2.14. The quantitative estimate of drug-likeness (QED) is 0.451. The van der Waals surface area contributed by atoms with Crippen LogP contribution in [0.5, 0.6) is 11.5 Å². The molecule has 0 amide bonds. The summed E-state index contributed by atoms with van der Waals surface area (Å²) >= 11 is 0. The van der Waals surface area contributed by atoms with Crippen molar-refractivity contribution in [2.24, 2.45) is 0 Å². The van der Waals surface area contributed by atoms with Crippen LogP contribution < -0.4 is 14.8 Å². The first-order valence-electron chi connectivity index (χ1n) is 9.89. The second-order valence-corrected chi connectivity index (χ2v) is 7.03. The molecule has 0 aliphatic heterocycles. The van der Waals surface area contributed by atoms with E-state index in [2.05, 4.69) is 47.6 Å².